The lowest BCUT2D eigenvalue weighted by atomic mass is 10.2. The normalized spacial score (nSPS) is 10.4. The van der Waals surface area contributed by atoms with Crippen molar-refractivity contribution in [1.29, 1.82) is 0 Å². The Morgan fingerprint density at radius 3 is 2.71 bits per heavy atom. The zero-order chi connectivity index (χ0) is 15.4. The Kier molecular flexibility index (Phi) is 4.85. The summed E-state index contributed by atoms with van der Waals surface area (Å²) in [7, 11) is 0. The molecular formula is C16H17FN2OS. The molecule has 0 aliphatic heterocycles. The summed E-state index contributed by atoms with van der Waals surface area (Å²) in [6.07, 6.45) is 0. The molecule has 1 amide bonds. The molecule has 0 heterocycles. The lowest BCUT2D eigenvalue weighted by Gasteiger charge is -2.09. The maximum Gasteiger partial charge on any atom is 0.234 e. The summed E-state index contributed by atoms with van der Waals surface area (Å²) in [5, 5.41) is 2.54. The van der Waals surface area contributed by atoms with E-state index in [-0.39, 0.29) is 17.3 Å². The van der Waals surface area contributed by atoms with Crippen LogP contribution in [0.5, 0.6) is 0 Å². The van der Waals surface area contributed by atoms with Gasteiger partial charge in [-0.15, -0.1) is 11.8 Å². The van der Waals surface area contributed by atoms with Gasteiger partial charge in [-0.2, -0.15) is 0 Å². The summed E-state index contributed by atoms with van der Waals surface area (Å²) in [6, 6.07) is 10.2. The van der Waals surface area contributed by atoms with Gasteiger partial charge in [0.1, 0.15) is 5.82 Å². The molecule has 0 saturated heterocycles. The van der Waals surface area contributed by atoms with Crippen molar-refractivity contribution in [3.63, 3.8) is 0 Å². The Labute approximate surface area is 127 Å². The number of nitrogens with one attached hydrogen (secondary N) is 1. The zero-order valence-electron chi connectivity index (χ0n) is 11.9. The molecular weight excluding hydrogens is 287 g/mol. The van der Waals surface area contributed by atoms with E-state index in [0.29, 0.717) is 5.69 Å². The Balaban J connectivity index is 1.97. The van der Waals surface area contributed by atoms with Crippen LogP contribution in [0.2, 0.25) is 0 Å². The third-order valence-electron chi connectivity index (χ3n) is 2.95. The van der Waals surface area contributed by atoms with Crippen molar-refractivity contribution < 1.29 is 9.18 Å². The second-order valence-electron chi connectivity index (χ2n) is 4.85. The number of anilines is 2. The molecule has 110 valence electrons. The Morgan fingerprint density at radius 1 is 1.24 bits per heavy atom. The van der Waals surface area contributed by atoms with Gasteiger partial charge in [-0.3, -0.25) is 4.79 Å². The molecule has 3 nitrogen and oxygen atoms in total. The highest BCUT2D eigenvalue weighted by Crippen LogP contribution is 2.24. The molecule has 5 heteroatoms. The second kappa shape index (κ2) is 6.63. The largest absolute Gasteiger partial charge is 0.399 e. The summed E-state index contributed by atoms with van der Waals surface area (Å²) in [5.41, 5.74) is 8.41. The molecule has 3 N–H and O–H groups in total. The van der Waals surface area contributed by atoms with Gasteiger partial charge in [-0.1, -0.05) is 17.7 Å². The molecule has 0 unspecified atom stereocenters. The van der Waals surface area contributed by atoms with Gasteiger partial charge in [0.15, 0.2) is 0 Å². The zero-order valence-corrected chi connectivity index (χ0v) is 12.8. The molecule has 0 aliphatic rings. The molecule has 21 heavy (non-hydrogen) atoms. The van der Waals surface area contributed by atoms with Crippen molar-refractivity contribution in [1.82, 2.24) is 0 Å². The van der Waals surface area contributed by atoms with E-state index in [4.69, 9.17) is 5.73 Å². The highest BCUT2D eigenvalue weighted by molar-refractivity contribution is 8.00. The van der Waals surface area contributed by atoms with Crippen molar-refractivity contribution in [2.45, 2.75) is 18.7 Å². The number of halogens is 1. The average Bonchev–Trinajstić information content (AvgIpc) is 2.42. The van der Waals surface area contributed by atoms with Crippen molar-refractivity contribution in [2.75, 3.05) is 16.8 Å². The van der Waals surface area contributed by atoms with Crippen LogP contribution >= 0.6 is 11.8 Å². The predicted molar refractivity (Wildman–Crippen MR) is 86.1 cm³/mol. The van der Waals surface area contributed by atoms with Crippen molar-refractivity contribution in [3.05, 3.63) is 53.3 Å². The van der Waals surface area contributed by atoms with E-state index in [9.17, 15) is 9.18 Å². The van der Waals surface area contributed by atoms with Crippen molar-refractivity contribution in [2.24, 2.45) is 0 Å². The van der Waals surface area contributed by atoms with E-state index in [1.807, 2.05) is 26.0 Å². The first-order chi connectivity index (χ1) is 9.95. The number of thioether (sulfide) groups is 1. The SMILES string of the molecule is Cc1ccc(SCC(=O)Nc2cc(N)ccc2F)c(C)c1. The quantitative estimate of drug-likeness (QED) is 0.668. The number of rotatable bonds is 4. The number of nitrogens with two attached hydrogens (primary N) is 1. The fourth-order valence-electron chi connectivity index (χ4n) is 1.93. The number of nitrogen functional groups attached to an aromatic ring is 1. The number of carbonyl (C=O) groups excluding carboxylic acids is 1. The lowest BCUT2D eigenvalue weighted by Crippen LogP contribution is -2.15. The van der Waals surface area contributed by atoms with Crippen LogP contribution in [0.3, 0.4) is 0 Å². The standard InChI is InChI=1S/C16H17FN2OS/c1-10-3-6-15(11(2)7-10)21-9-16(20)19-14-8-12(18)4-5-13(14)17/h3-8H,9,18H2,1-2H3,(H,19,20). The van der Waals surface area contributed by atoms with Gasteiger partial charge >= 0.3 is 0 Å². The maximum absolute atomic E-state index is 13.5. The van der Waals surface area contributed by atoms with Crippen LogP contribution in [-0.2, 0) is 4.79 Å². The molecule has 0 fully saturated rings. The van der Waals surface area contributed by atoms with Crippen LogP contribution in [0, 0.1) is 19.7 Å². The van der Waals surface area contributed by atoms with E-state index in [2.05, 4.69) is 11.4 Å². The topological polar surface area (TPSA) is 55.1 Å². The molecule has 2 aromatic carbocycles. The van der Waals surface area contributed by atoms with Gasteiger partial charge < -0.3 is 11.1 Å². The van der Waals surface area contributed by atoms with Crippen LogP contribution in [0.15, 0.2) is 41.3 Å². The third-order valence-corrected chi connectivity index (χ3v) is 4.13. The summed E-state index contributed by atoms with van der Waals surface area (Å²) in [4.78, 5) is 12.9. The first kappa shape index (κ1) is 15.4. The first-order valence-electron chi connectivity index (χ1n) is 6.50. The number of hydrogen-bond acceptors (Lipinski definition) is 3. The molecule has 0 spiro atoms. The minimum absolute atomic E-state index is 0.112. The van der Waals surface area contributed by atoms with Crippen molar-refractivity contribution in [3.8, 4) is 0 Å². The third kappa shape index (κ3) is 4.23. The summed E-state index contributed by atoms with van der Waals surface area (Å²) < 4.78 is 13.5. The minimum Gasteiger partial charge on any atom is -0.399 e. The van der Waals surface area contributed by atoms with Gasteiger partial charge in [-0.05, 0) is 43.7 Å². The van der Waals surface area contributed by atoms with E-state index in [1.165, 1.54) is 35.5 Å². The fourth-order valence-corrected chi connectivity index (χ4v) is 2.74. The van der Waals surface area contributed by atoms with Gasteiger partial charge in [-0.25, -0.2) is 4.39 Å². The lowest BCUT2D eigenvalue weighted by molar-refractivity contribution is -0.113. The number of benzene rings is 2. The monoisotopic (exact) mass is 304 g/mol. The number of carbonyl (C=O) groups is 1. The molecule has 0 atom stereocenters. The van der Waals surface area contributed by atoms with E-state index in [0.717, 1.165) is 10.5 Å². The first-order valence-corrected chi connectivity index (χ1v) is 7.49. The van der Waals surface area contributed by atoms with E-state index < -0.39 is 5.82 Å². The van der Waals surface area contributed by atoms with E-state index >= 15 is 0 Å². The van der Waals surface area contributed by atoms with E-state index in [1.54, 1.807) is 0 Å². The number of hydrogen-bond donors (Lipinski definition) is 2. The maximum atomic E-state index is 13.5. The fraction of sp³-hybridized carbons (Fsp3) is 0.188. The van der Waals surface area contributed by atoms with Crippen LogP contribution in [0.4, 0.5) is 15.8 Å². The van der Waals surface area contributed by atoms with Gasteiger partial charge in [0.05, 0.1) is 11.4 Å². The minimum atomic E-state index is -0.492. The van der Waals surface area contributed by atoms with Crippen LogP contribution < -0.4 is 11.1 Å². The Bertz CT molecular complexity index is 673. The Morgan fingerprint density at radius 2 is 2.00 bits per heavy atom. The highest BCUT2D eigenvalue weighted by Gasteiger charge is 2.09. The highest BCUT2D eigenvalue weighted by atomic mass is 32.2. The Hall–Kier alpha value is -2.01. The number of amides is 1. The summed E-state index contributed by atoms with van der Waals surface area (Å²) >= 11 is 1.43. The molecule has 2 rings (SSSR count). The summed E-state index contributed by atoms with van der Waals surface area (Å²) in [5.74, 6) is -0.531. The smallest absolute Gasteiger partial charge is 0.234 e. The van der Waals surface area contributed by atoms with Crippen LogP contribution in [-0.4, -0.2) is 11.7 Å². The molecule has 0 aliphatic carbocycles. The second-order valence-corrected chi connectivity index (χ2v) is 5.86. The molecule has 0 radical (unpaired) electrons. The van der Waals surface area contributed by atoms with Crippen LogP contribution in [0.25, 0.3) is 0 Å². The summed E-state index contributed by atoms with van der Waals surface area (Å²) in [6.45, 7) is 4.03. The number of aryl methyl sites for hydroxylation is 2. The van der Waals surface area contributed by atoms with Gasteiger partial charge in [0, 0.05) is 10.6 Å². The molecule has 0 aromatic heterocycles. The van der Waals surface area contributed by atoms with Crippen LogP contribution in [0.1, 0.15) is 11.1 Å². The molecule has 0 bridgehead atoms. The molecule has 0 saturated carbocycles. The van der Waals surface area contributed by atoms with Gasteiger partial charge in [0.2, 0.25) is 5.91 Å². The average molecular weight is 304 g/mol. The molecule has 2 aromatic rings. The predicted octanol–water partition coefficient (Wildman–Crippen LogP) is 3.76. The van der Waals surface area contributed by atoms with Gasteiger partial charge in [0.25, 0.3) is 0 Å². The van der Waals surface area contributed by atoms with Crippen molar-refractivity contribution >= 4 is 29.0 Å².